The van der Waals surface area contributed by atoms with Crippen LogP contribution in [0, 0.1) is 0 Å². The van der Waals surface area contributed by atoms with Crippen molar-refractivity contribution < 1.29 is 32.2 Å². The summed E-state index contributed by atoms with van der Waals surface area (Å²) in [6.07, 6.45) is 1.22. The second-order valence-corrected chi connectivity index (χ2v) is 11.1. The molecule has 0 saturated carbocycles. The molecule has 1 heterocycles. The van der Waals surface area contributed by atoms with Gasteiger partial charge in [-0.2, -0.15) is 0 Å². The summed E-state index contributed by atoms with van der Waals surface area (Å²) in [5.41, 5.74) is 4.28. The number of methoxy groups -OCH3 is 4. The van der Waals surface area contributed by atoms with Gasteiger partial charge in [-0.3, -0.25) is 4.79 Å². The number of amides is 1. The highest BCUT2D eigenvalue weighted by molar-refractivity contribution is 7.92. The highest BCUT2D eigenvalue weighted by Gasteiger charge is 2.30. The fourth-order valence-corrected chi connectivity index (χ4v) is 6.07. The van der Waals surface area contributed by atoms with E-state index in [1.54, 1.807) is 39.5 Å². The van der Waals surface area contributed by atoms with Gasteiger partial charge in [0, 0.05) is 12.5 Å². The van der Waals surface area contributed by atoms with Crippen molar-refractivity contribution in [2.45, 2.75) is 30.7 Å². The Morgan fingerprint density at radius 1 is 0.878 bits per heavy atom. The van der Waals surface area contributed by atoms with Gasteiger partial charge in [0.05, 0.1) is 50.8 Å². The van der Waals surface area contributed by atoms with Gasteiger partial charge < -0.3 is 24.3 Å². The summed E-state index contributed by atoms with van der Waals surface area (Å²) in [5.74, 6) is 1.79. The van der Waals surface area contributed by atoms with Crippen molar-refractivity contribution in [3.8, 4) is 45.5 Å². The Labute approximate surface area is 238 Å². The van der Waals surface area contributed by atoms with Crippen molar-refractivity contribution in [1.82, 2.24) is 15.3 Å². The second-order valence-electron chi connectivity index (χ2n) is 9.42. The quantitative estimate of drug-likeness (QED) is 0.315. The molecule has 1 aliphatic heterocycles. The Kier molecular flexibility index (Phi) is 7.59. The number of aromatic nitrogens is 2. The van der Waals surface area contributed by atoms with Gasteiger partial charge in [0.25, 0.3) is 10.0 Å². The van der Waals surface area contributed by atoms with Crippen molar-refractivity contribution in [2.24, 2.45) is 0 Å². The molecule has 2 aromatic rings. The molecule has 5 rings (SSSR count). The molecule has 12 heteroatoms. The number of fused-ring (bicyclic) bond motifs is 4. The number of carbonyl (C=O) groups is 1. The van der Waals surface area contributed by atoms with Crippen molar-refractivity contribution in [3.05, 3.63) is 59.7 Å². The Balaban J connectivity index is 1.65. The number of hydrogen-bond acceptors (Lipinski definition) is 9. The minimum Gasteiger partial charge on any atom is -0.497 e. The van der Waals surface area contributed by atoms with E-state index in [4.69, 9.17) is 18.9 Å². The molecule has 0 unspecified atom stereocenters. The molecule has 2 aliphatic carbocycles. The number of benzene rings is 2. The predicted molar refractivity (Wildman–Crippen MR) is 152 cm³/mol. The first-order valence-corrected chi connectivity index (χ1v) is 14.2. The zero-order chi connectivity index (χ0) is 29.3. The maximum absolute atomic E-state index is 13.0. The van der Waals surface area contributed by atoms with Crippen LogP contribution < -0.4 is 29.0 Å². The molecule has 214 valence electrons. The maximum Gasteiger partial charge on any atom is 0.264 e. The first-order valence-electron chi connectivity index (χ1n) is 12.8. The lowest BCUT2D eigenvalue weighted by Gasteiger charge is -2.19. The molecule has 2 aromatic carbocycles. The number of rotatable bonds is 8. The topological polar surface area (TPSA) is 138 Å². The highest BCUT2D eigenvalue weighted by atomic mass is 32.2. The minimum atomic E-state index is -3.95. The van der Waals surface area contributed by atoms with E-state index in [0.29, 0.717) is 47.2 Å². The first-order chi connectivity index (χ1) is 19.7. The molecule has 0 saturated heterocycles. The first kappa shape index (κ1) is 28.0. The molecule has 3 aliphatic rings. The molecule has 1 atom stereocenters. The van der Waals surface area contributed by atoms with Gasteiger partial charge in [-0.05, 0) is 72.0 Å². The number of imidazole rings is 1. The van der Waals surface area contributed by atoms with Crippen LogP contribution in [0.5, 0.6) is 23.0 Å². The van der Waals surface area contributed by atoms with E-state index in [2.05, 4.69) is 20.0 Å². The highest BCUT2D eigenvalue weighted by Crippen LogP contribution is 2.50. The SMILES string of the molecule is COc1ccc(S(=O)(=O)Nc2nc3ccc4c(cc-3n2)[C@@H](NC(C)=O)CCc2cc(OC)c(OC)c(OC)c2-4)cc1. The van der Waals surface area contributed by atoms with E-state index >= 15 is 0 Å². The average Bonchev–Trinajstić information content (AvgIpc) is 3.16. The number of nitrogens with zero attached hydrogens (tertiary/aromatic N) is 2. The van der Waals surface area contributed by atoms with Crippen LogP contribution in [0.2, 0.25) is 0 Å². The number of aryl methyl sites for hydroxylation is 1. The third-order valence-electron chi connectivity index (χ3n) is 6.96. The lowest BCUT2D eigenvalue weighted by atomic mass is 9.95. The number of hydrogen-bond donors (Lipinski definition) is 2. The van der Waals surface area contributed by atoms with E-state index in [1.807, 2.05) is 18.2 Å². The van der Waals surface area contributed by atoms with Crippen molar-refractivity contribution in [3.63, 3.8) is 0 Å². The molecular formula is C29H30N4O7S. The predicted octanol–water partition coefficient (Wildman–Crippen LogP) is 4.21. The Hall–Kier alpha value is -4.58. The molecule has 11 nitrogen and oxygen atoms in total. The van der Waals surface area contributed by atoms with E-state index < -0.39 is 10.0 Å². The van der Waals surface area contributed by atoms with Gasteiger partial charge in [0.1, 0.15) is 5.75 Å². The lowest BCUT2D eigenvalue weighted by molar-refractivity contribution is -0.119. The number of nitrogens with one attached hydrogen (secondary N) is 2. The number of carbonyl (C=O) groups excluding carboxylic acids is 1. The summed E-state index contributed by atoms with van der Waals surface area (Å²) < 4.78 is 50.6. The molecule has 0 aromatic heterocycles. The normalized spacial score (nSPS) is 14.3. The summed E-state index contributed by atoms with van der Waals surface area (Å²) in [6, 6.07) is 13.0. The monoisotopic (exact) mass is 578 g/mol. The molecule has 0 spiro atoms. The standard InChI is InChI=1S/C29H30N4O7S/c1-16(34)30-22-12-6-17-14-25(38-3)27(39-4)28(40-5)26(17)20-11-13-23-24(15-21(20)22)32-29(31-23)33-41(35,36)19-9-7-18(37-2)8-10-19/h7-11,13-15,22H,6,12H2,1-5H3,(H,30,34)(H,31,32,33)/t22-/m0/s1. The summed E-state index contributed by atoms with van der Waals surface area (Å²) in [4.78, 5) is 21.2. The lowest BCUT2D eigenvalue weighted by Crippen LogP contribution is -2.26. The zero-order valence-corrected chi connectivity index (χ0v) is 24.1. The molecule has 0 radical (unpaired) electrons. The van der Waals surface area contributed by atoms with Gasteiger partial charge in [-0.1, -0.05) is 6.07 Å². The van der Waals surface area contributed by atoms with E-state index in [-0.39, 0.29) is 22.8 Å². The largest absolute Gasteiger partial charge is 0.497 e. The van der Waals surface area contributed by atoms with E-state index in [9.17, 15) is 13.2 Å². The average molecular weight is 579 g/mol. The van der Waals surface area contributed by atoms with Gasteiger partial charge in [0.2, 0.25) is 17.6 Å². The fourth-order valence-electron chi connectivity index (χ4n) is 5.13. The van der Waals surface area contributed by atoms with Gasteiger partial charge in [-0.25, -0.2) is 23.1 Å². The molecular weight excluding hydrogens is 548 g/mol. The fraction of sp³-hybridized carbons (Fsp3) is 0.276. The summed E-state index contributed by atoms with van der Waals surface area (Å²) >= 11 is 0. The van der Waals surface area contributed by atoms with E-state index in [0.717, 1.165) is 22.3 Å². The summed E-state index contributed by atoms with van der Waals surface area (Å²) in [5, 5.41) is 3.05. The molecule has 41 heavy (non-hydrogen) atoms. The molecule has 1 amide bonds. The minimum absolute atomic E-state index is 0.0466. The smallest absolute Gasteiger partial charge is 0.264 e. The van der Waals surface area contributed by atoms with Gasteiger partial charge >= 0.3 is 0 Å². The van der Waals surface area contributed by atoms with Crippen LogP contribution in [-0.2, 0) is 21.2 Å². The number of sulfonamides is 1. The van der Waals surface area contributed by atoms with E-state index in [1.165, 1.54) is 26.2 Å². The van der Waals surface area contributed by atoms with Crippen molar-refractivity contribution in [1.29, 1.82) is 0 Å². The van der Waals surface area contributed by atoms with Crippen molar-refractivity contribution >= 4 is 21.9 Å². The Morgan fingerprint density at radius 2 is 1.59 bits per heavy atom. The Morgan fingerprint density at radius 3 is 2.22 bits per heavy atom. The van der Waals surface area contributed by atoms with Gasteiger partial charge in [-0.15, -0.1) is 0 Å². The third-order valence-corrected chi connectivity index (χ3v) is 8.30. The van der Waals surface area contributed by atoms with Crippen LogP contribution >= 0.6 is 0 Å². The van der Waals surface area contributed by atoms with Crippen LogP contribution in [0.25, 0.3) is 22.5 Å². The van der Waals surface area contributed by atoms with Crippen LogP contribution in [-0.4, -0.2) is 52.7 Å². The molecule has 2 N–H and O–H groups in total. The maximum atomic E-state index is 13.0. The van der Waals surface area contributed by atoms with Crippen LogP contribution in [0.1, 0.15) is 30.5 Å². The Bertz CT molecular complexity index is 1690. The molecule has 0 fully saturated rings. The van der Waals surface area contributed by atoms with Crippen LogP contribution in [0.15, 0.2) is 53.4 Å². The summed E-state index contributed by atoms with van der Waals surface area (Å²) in [7, 11) is 2.24. The van der Waals surface area contributed by atoms with Gasteiger partial charge in [0.15, 0.2) is 11.5 Å². The number of ether oxygens (including phenoxy) is 4. The van der Waals surface area contributed by atoms with Crippen LogP contribution in [0.4, 0.5) is 5.95 Å². The van der Waals surface area contributed by atoms with Crippen LogP contribution in [0.3, 0.4) is 0 Å². The van der Waals surface area contributed by atoms with Crippen molar-refractivity contribution in [2.75, 3.05) is 33.2 Å². The summed E-state index contributed by atoms with van der Waals surface area (Å²) in [6.45, 7) is 1.47. The third kappa shape index (κ3) is 5.30. The number of anilines is 1. The molecule has 0 bridgehead atoms. The second kappa shape index (κ2) is 11.1. The zero-order valence-electron chi connectivity index (χ0n) is 23.3.